The van der Waals surface area contributed by atoms with E-state index in [-0.39, 0.29) is 11.7 Å². The van der Waals surface area contributed by atoms with Crippen molar-refractivity contribution < 1.29 is 9.90 Å². The van der Waals surface area contributed by atoms with Crippen molar-refractivity contribution in [2.45, 2.75) is 6.92 Å². The van der Waals surface area contributed by atoms with Crippen LogP contribution < -0.4 is 5.32 Å². The van der Waals surface area contributed by atoms with Gasteiger partial charge in [0.1, 0.15) is 5.75 Å². The molecule has 2 N–H and O–H groups in total. The maximum atomic E-state index is 12.5. The summed E-state index contributed by atoms with van der Waals surface area (Å²) in [5.74, 6) is -0.106. The number of benzene rings is 2. The molecule has 1 aromatic heterocycles. The minimum absolute atomic E-state index is 0.114. The molecule has 1 amide bonds. The van der Waals surface area contributed by atoms with E-state index in [0.29, 0.717) is 11.3 Å². The number of pyridine rings is 1. The van der Waals surface area contributed by atoms with Crippen molar-refractivity contribution in [3.63, 3.8) is 0 Å². The molecule has 0 unspecified atom stereocenters. The molecule has 0 atom stereocenters. The monoisotopic (exact) mass is 278 g/mol. The molecule has 4 nitrogen and oxygen atoms in total. The van der Waals surface area contributed by atoms with Crippen LogP contribution in [0, 0.1) is 6.92 Å². The van der Waals surface area contributed by atoms with E-state index in [1.54, 1.807) is 24.3 Å². The van der Waals surface area contributed by atoms with Gasteiger partial charge in [0.25, 0.3) is 5.91 Å². The van der Waals surface area contributed by atoms with Gasteiger partial charge in [-0.25, -0.2) is 0 Å². The number of nitrogens with one attached hydrogen (secondary N) is 1. The molecular weight excluding hydrogens is 264 g/mol. The van der Waals surface area contributed by atoms with E-state index in [1.807, 2.05) is 31.2 Å². The number of carbonyl (C=O) groups is 1. The Morgan fingerprint density at radius 3 is 2.71 bits per heavy atom. The minimum Gasteiger partial charge on any atom is -0.508 e. The summed E-state index contributed by atoms with van der Waals surface area (Å²) in [6.45, 7) is 1.86. The fraction of sp³-hybridized carbons (Fsp3) is 0.0588. The normalized spacial score (nSPS) is 10.5. The second-order valence-corrected chi connectivity index (χ2v) is 4.83. The number of carbonyl (C=O) groups excluding carboxylic acids is 1. The number of hydrogen-bond donors (Lipinski definition) is 2. The van der Waals surface area contributed by atoms with E-state index >= 15 is 0 Å². The second-order valence-electron chi connectivity index (χ2n) is 4.83. The summed E-state index contributed by atoms with van der Waals surface area (Å²) in [7, 11) is 0. The first-order chi connectivity index (χ1) is 10.1. The van der Waals surface area contributed by atoms with E-state index in [2.05, 4.69) is 10.3 Å². The zero-order valence-corrected chi connectivity index (χ0v) is 11.5. The SMILES string of the molecule is Cc1cc(C(=O)Nc2cccc(O)c2)c2ccccc2n1. The Labute approximate surface area is 122 Å². The van der Waals surface area contributed by atoms with Crippen LogP contribution in [-0.4, -0.2) is 16.0 Å². The Balaban J connectivity index is 2.02. The van der Waals surface area contributed by atoms with Crippen molar-refractivity contribution in [1.29, 1.82) is 0 Å². The van der Waals surface area contributed by atoms with Gasteiger partial charge in [-0.1, -0.05) is 24.3 Å². The summed E-state index contributed by atoms with van der Waals surface area (Å²) in [5.41, 5.74) is 2.70. The van der Waals surface area contributed by atoms with Crippen molar-refractivity contribution >= 4 is 22.5 Å². The van der Waals surface area contributed by atoms with E-state index in [9.17, 15) is 9.90 Å². The zero-order valence-electron chi connectivity index (χ0n) is 11.5. The van der Waals surface area contributed by atoms with Crippen LogP contribution >= 0.6 is 0 Å². The molecule has 2 aromatic carbocycles. The number of amides is 1. The lowest BCUT2D eigenvalue weighted by Gasteiger charge is -2.09. The lowest BCUT2D eigenvalue weighted by molar-refractivity contribution is 0.102. The fourth-order valence-corrected chi connectivity index (χ4v) is 2.28. The highest BCUT2D eigenvalue weighted by Crippen LogP contribution is 2.21. The number of aromatic nitrogens is 1. The van der Waals surface area contributed by atoms with Crippen LogP contribution in [0.1, 0.15) is 16.1 Å². The topological polar surface area (TPSA) is 62.2 Å². The van der Waals surface area contributed by atoms with Crippen molar-refractivity contribution in [2.24, 2.45) is 0 Å². The number of nitrogens with zero attached hydrogens (tertiary/aromatic N) is 1. The van der Waals surface area contributed by atoms with Crippen molar-refractivity contribution in [3.8, 4) is 5.75 Å². The Kier molecular flexibility index (Phi) is 3.28. The summed E-state index contributed by atoms with van der Waals surface area (Å²) in [4.78, 5) is 16.9. The summed E-state index contributed by atoms with van der Waals surface area (Å²) < 4.78 is 0. The van der Waals surface area contributed by atoms with Crippen LogP contribution in [-0.2, 0) is 0 Å². The molecule has 0 aliphatic heterocycles. The van der Waals surface area contributed by atoms with Crippen LogP contribution in [0.4, 0.5) is 5.69 Å². The van der Waals surface area contributed by atoms with E-state index in [1.165, 1.54) is 6.07 Å². The number of phenols is 1. The van der Waals surface area contributed by atoms with Crippen LogP contribution in [0.2, 0.25) is 0 Å². The molecule has 0 fully saturated rings. The van der Waals surface area contributed by atoms with Crippen LogP contribution in [0.15, 0.2) is 54.6 Å². The highest BCUT2D eigenvalue weighted by Gasteiger charge is 2.12. The Morgan fingerprint density at radius 2 is 1.90 bits per heavy atom. The molecule has 0 saturated carbocycles. The van der Waals surface area contributed by atoms with E-state index < -0.39 is 0 Å². The smallest absolute Gasteiger partial charge is 0.256 e. The Morgan fingerprint density at radius 1 is 1.10 bits per heavy atom. The molecule has 4 heteroatoms. The van der Waals surface area contributed by atoms with Gasteiger partial charge >= 0.3 is 0 Å². The average molecular weight is 278 g/mol. The van der Waals surface area contributed by atoms with Crippen molar-refractivity contribution in [2.75, 3.05) is 5.32 Å². The molecule has 0 aliphatic carbocycles. The van der Waals surface area contributed by atoms with Crippen LogP contribution in [0.5, 0.6) is 5.75 Å². The van der Waals surface area contributed by atoms with Crippen molar-refractivity contribution in [3.05, 3.63) is 65.9 Å². The summed E-state index contributed by atoms with van der Waals surface area (Å²) in [6, 6.07) is 15.8. The van der Waals surface area contributed by atoms with E-state index in [0.717, 1.165) is 16.6 Å². The molecule has 0 bridgehead atoms. The third-order valence-corrected chi connectivity index (χ3v) is 3.19. The Bertz CT molecular complexity index is 828. The Hall–Kier alpha value is -2.88. The highest BCUT2D eigenvalue weighted by molar-refractivity contribution is 6.12. The number of anilines is 1. The van der Waals surface area contributed by atoms with Gasteiger partial charge in [0.15, 0.2) is 0 Å². The quantitative estimate of drug-likeness (QED) is 0.754. The number of aryl methyl sites for hydroxylation is 1. The minimum atomic E-state index is -0.220. The molecule has 0 aliphatic rings. The number of fused-ring (bicyclic) bond motifs is 1. The van der Waals surface area contributed by atoms with Gasteiger partial charge in [-0.3, -0.25) is 9.78 Å². The van der Waals surface area contributed by atoms with Gasteiger partial charge in [0, 0.05) is 22.8 Å². The maximum absolute atomic E-state index is 12.5. The van der Waals surface area contributed by atoms with Crippen molar-refractivity contribution in [1.82, 2.24) is 4.98 Å². The predicted octanol–water partition coefficient (Wildman–Crippen LogP) is 3.50. The summed E-state index contributed by atoms with van der Waals surface area (Å²) >= 11 is 0. The molecular formula is C17H14N2O2. The first-order valence-corrected chi connectivity index (χ1v) is 6.60. The molecule has 21 heavy (non-hydrogen) atoms. The van der Waals surface area contributed by atoms with E-state index in [4.69, 9.17) is 0 Å². The fourth-order valence-electron chi connectivity index (χ4n) is 2.28. The summed E-state index contributed by atoms with van der Waals surface area (Å²) in [5, 5.41) is 13.0. The molecule has 1 heterocycles. The molecule has 0 saturated heterocycles. The van der Waals surface area contributed by atoms with Gasteiger partial charge in [-0.2, -0.15) is 0 Å². The van der Waals surface area contributed by atoms with Gasteiger partial charge in [0.2, 0.25) is 0 Å². The third-order valence-electron chi connectivity index (χ3n) is 3.19. The van der Waals surface area contributed by atoms with Gasteiger partial charge in [-0.05, 0) is 31.2 Å². The number of phenolic OH excluding ortho intramolecular Hbond substituents is 1. The lowest BCUT2D eigenvalue weighted by Crippen LogP contribution is -2.13. The molecule has 0 spiro atoms. The number of aromatic hydroxyl groups is 1. The molecule has 0 radical (unpaired) electrons. The number of para-hydroxylation sites is 1. The number of hydrogen-bond acceptors (Lipinski definition) is 3. The summed E-state index contributed by atoms with van der Waals surface area (Å²) in [6.07, 6.45) is 0. The third kappa shape index (κ3) is 2.69. The van der Waals surface area contributed by atoms with Gasteiger partial charge in [-0.15, -0.1) is 0 Å². The van der Waals surface area contributed by atoms with Gasteiger partial charge < -0.3 is 10.4 Å². The predicted molar refractivity (Wildman–Crippen MR) is 82.5 cm³/mol. The second kappa shape index (κ2) is 5.25. The maximum Gasteiger partial charge on any atom is 0.256 e. The molecule has 3 rings (SSSR count). The lowest BCUT2D eigenvalue weighted by atomic mass is 10.1. The standard InChI is InChI=1S/C17H14N2O2/c1-11-9-15(14-7-2-3-8-16(14)18-11)17(21)19-12-5-4-6-13(20)10-12/h2-10,20H,1H3,(H,19,21). The van der Waals surface area contributed by atoms with Gasteiger partial charge in [0.05, 0.1) is 11.1 Å². The highest BCUT2D eigenvalue weighted by atomic mass is 16.3. The number of rotatable bonds is 2. The van der Waals surface area contributed by atoms with Crippen LogP contribution in [0.3, 0.4) is 0 Å². The largest absolute Gasteiger partial charge is 0.508 e. The first kappa shape index (κ1) is 13.1. The van der Waals surface area contributed by atoms with Crippen LogP contribution in [0.25, 0.3) is 10.9 Å². The first-order valence-electron chi connectivity index (χ1n) is 6.60. The molecule has 3 aromatic rings. The zero-order chi connectivity index (χ0) is 14.8. The average Bonchev–Trinajstić information content (AvgIpc) is 2.46. The molecule has 104 valence electrons.